The van der Waals surface area contributed by atoms with E-state index in [1.165, 1.54) is 32.1 Å². The van der Waals surface area contributed by atoms with Crippen LogP contribution in [-0.4, -0.2) is 5.16 Å². The van der Waals surface area contributed by atoms with Gasteiger partial charge in [0.15, 0.2) is 5.82 Å². The van der Waals surface area contributed by atoms with E-state index in [1.807, 2.05) is 0 Å². The first kappa shape index (κ1) is 13.4. The van der Waals surface area contributed by atoms with Gasteiger partial charge in [-0.15, -0.1) is 0 Å². The molecule has 0 aromatic carbocycles. The monoisotopic (exact) mass is 250 g/mol. The molecule has 0 aliphatic heterocycles. The van der Waals surface area contributed by atoms with Crippen molar-refractivity contribution in [1.29, 1.82) is 0 Å². The summed E-state index contributed by atoms with van der Waals surface area (Å²) in [6.07, 6.45) is 6.22. The molecule has 102 valence electrons. The maximum atomic E-state index is 5.99. The summed E-state index contributed by atoms with van der Waals surface area (Å²) in [6.45, 7) is 8.92. The molecule has 0 bridgehead atoms. The summed E-state index contributed by atoms with van der Waals surface area (Å²) < 4.78 is 5.67. The third-order valence-electron chi connectivity index (χ3n) is 4.17. The van der Waals surface area contributed by atoms with Gasteiger partial charge in [0.2, 0.25) is 0 Å². The second-order valence-corrected chi connectivity index (χ2v) is 6.55. The number of nitrogen functional groups attached to an aromatic ring is 1. The molecule has 0 radical (unpaired) electrons. The lowest BCUT2D eigenvalue weighted by Crippen LogP contribution is -2.25. The topological polar surface area (TPSA) is 52.0 Å². The minimum absolute atomic E-state index is 0.193. The molecule has 0 saturated heterocycles. The van der Waals surface area contributed by atoms with Gasteiger partial charge in [-0.05, 0) is 31.1 Å². The van der Waals surface area contributed by atoms with Gasteiger partial charge in [-0.3, -0.25) is 0 Å². The van der Waals surface area contributed by atoms with Crippen LogP contribution in [0.5, 0.6) is 0 Å². The predicted octanol–water partition coefficient (Wildman–Crippen LogP) is 4.24. The van der Waals surface area contributed by atoms with Gasteiger partial charge in [-0.2, -0.15) is 0 Å². The predicted molar refractivity (Wildman–Crippen MR) is 74.6 cm³/mol. The molecule has 1 heterocycles. The van der Waals surface area contributed by atoms with Crippen LogP contribution in [0.1, 0.15) is 77.0 Å². The minimum atomic E-state index is 0.193. The van der Waals surface area contributed by atoms with Crippen molar-refractivity contribution in [3.63, 3.8) is 0 Å². The molecule has 1 aromatic heterocycles. The normalized spacial score (nSPS) is 19.0. The molecule has 2 rings (SSSR count). The first-order valence-electron chi connectivity index (χ1n) is 7.22. The molecular formula is C15H26N2O. The van der Waals surface area contributed by atoms with Gasteiger partial charge in [-0.1, -0.05) is 45.7 Å². The maximum Gasteiger partial charge on any atom is 0.170 e. The molecule has 2 N–H and O–H groups in total. The molecule has 1 aliphatic carbocycles. The largest absolute Gasteiger partial charge is 0.381 e. The van der Waals surface area contributed by atoms with E-state index in [9.17, 15) is 0 Å². The lowest BCUT2D eigenvalue weighted by molar-refractivity contribution is 0.250. The van der Waals surface area contributed by atoms with Crippen LogP contribution in [0, 0.1) is 5.92 Å². The van der Waals surface area contributed by atoms with Gasteiger partial charge < -0.3 is 10.3 Å². The summed E-state index contributed by atoms with van der Waals surface area (Å²) in [5, 5.41) is 4.04. The van der Waals surface area contributed by atoms with Crippen molar-refractivity contribution in [2.45, 2.75) is 71.1 Å². The number of rotatable bonds is 4. The molecule has 0 spiro atoms. The van der Waals surface area contributed by atoms with Gasteiger partial charge in [0.25, 0.3) is 0 Å². The lowest BCUT2D eigenvalue weighted by atomic mass is 9.74. The van der Waals surface area contributed by atoms with Crippen LogP contribution in [-0.2, 0) is 5.41 Å². The van der Waals surface area contributed by atoms with Crippen molar-refractivity contribution in [3.8, 4) is 0 Å². The number of hydrogen-bond donors (Lipinski definition) is 1. The lowest BCUT2D eigenvalue weighted by Gasteiger charge is -2.29. The van der Waals surface area contributed by atoms with Gasteiger partial charge in [-0.25, -0.2) is 0 Å². The number of anilines is 1. The third-order valence-corrected chi connectivity index (χ3v) is 4.17. The molecule has 18 heavy (non-hydrogen) atoms. The minimum Gasteiger partial charge on any atom is -0.381 e. The molecule has 0 unspecified atom stereocenters. The Balaban J connectivity index is 2.43. The van der Waals surface area contributed by atoms with Crippen LogP contribution < -0.4 is 5.73 Å². The molecule has 1 fully saturated rings. The number of aromatic nitrogens is 1. The molecule has 3 nitrogen and oxygen atoms in total. The number of nitrogens with two attached hydrogens (primary N) is 1. The second-order valence-electron chi connectivity index (χ2n) is 6.55. The molecule has 3 heteroatoms. The Kier molecular flexibility index (Phi) is 3.69. The second kappa shape index (κ2) is 4.94. The average Bonchev–Trinajstić information content (AvgIpc) is 2.84. The van der Waals surface area contributed by atoms with E-state index in [4.69, 9.17) is 10.3 Å². The molecule has 1 saturated carbocycles. The Hall–Kier alpha value is -0.990. The van der Waals surface area contributed by atoms with Crippen LogP contribution in [0.25, 0.3) is 0 Å². The summed E-state index contributed by atoms with van der Waals surface area (Å²) in [7, 11) is 0. The van der Waals surface area contributed by atoms with E-state index in [0.717, 1.165) is 11.3 Å². The van der Waals surface area contributed by atoms with E-state index < -0.39 is 0 Å². The number of nitrogens with zero attached hydrogens (tertiary/aromatic N) is 1. The highest BCUT2D eigenvalue weighted by Crippen LogP contribution is 2.48. The van der Waals surface area contributed by atoms with Gasteiger partial charge in [0.05, 0.1) is 0 Å². The fourth-order valence-corrected chi connectivity index (χ4v) is 3.61. The smallest absolute Gasteiger partial charge is 0.170 e. The Labute approximate surface area is 110 Å². The van der Waals surface area contributed by atoms with E-state index in [1.54, 1.807) is 0 Å². The van der Waals surface area contributed by atoms with Crippen molar-refractivity contribution in [2.75, 3.05) is 5.73 Å². The van der Waals surface area contributed by atoms with Gasteiger partial charge >= 0.3 is 0 Å². The van der Waals surface area contributed by atoms with E-state index in [2.05, 4.69) is 32.9 Å². The van der Waals surface area contributed by atoms with Crippen molar-refractivity contribution in [2.24, 2.45) is 5.92 Å². The van der Waals surface area contributed by atoms with Crippen molar-refractivity contribution < 1.29 is 4.52 Å². The third kappa shape index (κ3) is 2.27. The first-order chi connectivity index (χ1) is 8.46. The molecular weight excluding hydrogens is 224 g/mol. The summed E-state index contributed by atoms with van der Waals surface area (Å²) in [5.74, 6) is 2.74. The number of hydrogen-bond acceptors (Lipinski definition) is 3. The Morgan fingerprint density at radius 3 is 2.33 bits per heavy atom. The quantitative estimate of drug-likeness (QED) is 0.869. The summed E-state index contributed by atoms with van der Waals surface area (Å²) >= 11 is 0. The highest BCUT2D eigenvalue weighted by atomic mass is 16.5. The molecule has 0 amide bonds. The van der Waals surface area contributed by atoms with Crippen LogP contribution >= 0.6 is 0 Å². The van der Waals surface area contributed by atoms with Crippen molar-refractivity contribution in [1.82, 2.24) is 5.16 Å². The molecule has 1 aromatic rings. The van der Waals surface area contributed by atoms with Gasteiger partial charge in [0, 0.05) is 11.0 Å². The fourth-order valence-electron chi connectivity index (χ4n) is 3.61. The Morgan fingerprint density at radius 2 is 1.83 bits per heavy atom. The average molecular weight is 250 g/mol. The zero-order chi connectivity index (χ0) is 13.3. The maximum absolute atomic E-state index is 5.99. The zero-order valence-electron chi connectivity index (χ0n) is 12.1. The van der Waals surface area contributed by atoms with E-state index in [0.29, 0.717) is 17.7 Å². The van der Waals surface area contributed by atoms with Crippen LogP contribution in [0.15, 0.2) is 4.52 Å². The Morgan fingerprint density at radius 1 is 1.22 bits per heavy atom. The Bertz CT molecular complexity index is 401. The van der Waals surface area contributed by atoms with E-state index >= 15 is 0 Å². The highest BCUT2D eigenvalue weighted by molar-refractivity contribution is 5.45. The molecule has 1 aliphatic rings. The zero-order valence-corrected chi connectivity index (χ0v) is 12.1. The van der Waals surface area contributed by atoms with Crippen molar-refractivity contribution in [3.05, 3.63) is 11.3 Å². The van der Waals surface area contributed by atoms with Crippen LogP contribution in [0.4, 0.5) is 5.82 Å². The SMILES string of the molecule is CC(C)CC1(c2onc(N)c2C(C)C)CCCC1. The summed E-state index contributed by atoms with van der Waals surface area (Å²) in [6, 6.07) is 0. The van der Waals surface area contributed by atoms with E-state index in [-0.39, 0.29) is 5.41 Å². The standard InChI is InChI=1S/C15H26N2O/c1-10(2)9-15(7-5-6-8-15)13-12(11(3)4)14(16)17-18-13/h10-11H,5-9H2,1-4H3,(H2,16,17). The molecule has 0 atom stereocenters. The van der Waals surface area contributed by atoms with Crippen LogP contribution in [0.2, 0.25) is 0 Å². The fraction of sp³-hybridized carbons (Fsp3) is 0.800. The summed E-state index contributed by atoms with van der Waals surface area (Å²) in [4.78, 5) is 0. The summed E-state index contributed by atoms with van der Waals surface area (Å²) in [5.41, 5.74) is 7.34. The van der Waals surface area contributed by atoms with Crippen LogP contribution in [0.3, 0.4) is 0 Å². The highest BCUT2D eigenvalue weighted by Gasteiger charge is 2.42. The van der Waals surface area contributed by atoms with Gasteiger partial charge in [0.1, 0.15) is 5.76 Å². The first-order valence-corrected chi connectivity index (χ1v) is 7.22. The van der Waals surface area contributed by atoms with Crippen molar-refractivity contribution >= 4 is 5.82 Å².